The van der Waals surface area contributed by atoms with Crippen molar-refractivity contribution in [3.63, 3.8) is 0 Å². The van der Waals surface area contributed by atoms with Crippen LogP contribution in [0, 0.1) is 5.92 Å². The van der Waals surface area contributed by atoms with E-state index in [1.165, 1.54) is 18.3 Å². The number of amides is 1. The summed E-state index contributed by atoms with van der Waals surface area (Å²) in [6.45, 7) is -1.24. The standard InChI is InChI=1S/C12H15F2N3OS.C8H7F3O/c13-12(14)4-1-2-8(7-12)11(18)17-9-3-5-16-10(6-9)19-15;9-8(10,11)6-12-7-4-2-1-3-5-7/h3,5-6,8H,1-2,4,7,15H2,(H,16,17,18);1-5H,6H2/t8-;/m0./s1. The quantitative estimate of drug-likeness (QED) is 0.456. The van der Waals surface area contributed by atoms with Crippen LogP contribution in [0.4, 0.5) is 27.6 Å². The number of pyridine rings is 1. The van der Waals surface area contributed by atoms with Crippen molar-refractivity contribution in [2.24, 2.45) is 11.1 Å². The van der Waals surface area contributed by atoms with E-state index < -0.39 is 24.6 Å². The Morgan fingerprint density at radius 3 is 2.58 bits per heavy atom. The maximum absolute atomic E-state index is 13.3. The van der Waals surface area contributed by atoms with Gasteiger partial charge in [-0.2, -0.15) is 13.2 Å². The third-order valence-corrected chi connectivity index (χ3v) is 4.74. The van der Waals surface area contributed by atoms with Crippen LogP contribution in [-0.4, -0.2) is 29.6 Å². The van der Waals surface area contributed by atoms with Crippen molar-refractivity contribution in [2.45, 2.75) is 42.8 Å². The zero-order valence-corrected chi connectivity index (χ0v) is 17.2. The van der Waals surface area contributed by atoms with Crippen LogP contribution in [0.3, 0.4) is 0 Å². The Labute approximate surface area is 180 Å². The van der Waals surface area contributed by atoms with Crippen molar-refractivity contribution in [3.05, 3.63) is 48.7 Å². The van der Waals surface area contributed by atoms with Gasteiger partial charge >= 0.3 is 6.18 Å². The number of rotatable bonds is 5. The smallest absolute Gasteiger partial charge is 0.422 e. The average molecular weight is 463 g/mol. The van der Waals surface area contributed by atoms with Crippen LogP contribution >= 0.6 is 11.9 Å². The SMILES string of the molecule is FC(F)(F)COc1ccccc1.NSc1cc(NC(=O)[C@H]2CCCC(F)(F)C2)ccn1. The average Bonchev–Trinajstić information content (AvgIpc) is 2.72. The Hall–Kier alpha value is -2.40. The highest BCUT2D eigenvalue weighted by molar-refractivity contribution is 7.97. The van der Waals surface area contributed by atoms with Gasteiger partial charge in [0, 0.05) is 30.6 Å². The Morgan fingerprint density at radius 2 is 1.97 bits per heavy atom. The highest BCUT2D eigenvalue weighted by Crippen LogP contribution is 2.37. The fraction of sp³-hybridized carbons (Fsp3) is 0.400. The second kappa shape index (κ2) is 11.3. The van der Waals surface area contributed by atoms with Crippen LogP contribution in [0.1, 0.15) is 25.7 Å². The van der Waals surface area contributed by atoms with Gasteiger partial charge in [-0.3, -0.25) is 9.93 Å². The lowest BCUT2D eigenvalue weighted by Gasteiger charge is -2.27. The molecule has 1 aliphatic rings. The Morgan fingerprint density at radius 1 is 1.26 bits per heavy atom. The first-order chi connectivity index (χ1) is 14.6. The fourth-order valence-electron chi connectivity index (χ4n) is 2.87. The largest absolute Gasteiger partial charge is 0.484 e. The Bertz CT molecular complexity index is 837. The van der Waals surface area contributed by atoms with E-state index in [1.54, 1.807) is 30.3 Å². The molecule has 1 saturated carbocycles. The molecule has 1 heterocycles. The summed E-state index contributed by atoms with van der Waals surface area (Å²) < 4.78 is 65.8. The number of anilines is 1. The number of halogens is 5. The van der Waals surface area contributed by atoms with E-state index in [-0.39, 0.29) is 24.5 Å². The normalized spacial score (nSPS) is 17.8. The van der Waals surface area contributed by atoms with Gasteiger partial charge in [-0.25, -0.2) is 13.8 Å². The van der Waals surface area contributed by atoms with Gasteiger partial charge in [0.25, 0.3) is 0 Å². The number of para-hydroxylation sites is 1. The van der Waals surface area contributed by atoms with Crippen molar-refractivity contribution < 1.29 is 31.5 Å². The number of carbonyl (C=O) groups is 1. The maximum Gasteiger partial charge on any atom is 0.422 e. The van der Waals surface area contributed by atoms with Crippen molar-refractivity contribution >= 4 is 23.5 Å². The van der Waals surface area contributed by atoms with Crippen molar-refractivity contribution in [3.8, 4) is 5.75 Å². The van der Waals surface area contributed by atoms with E-state index in [0.717, 1.165) is 11.9 Å². The second-order valence-electron chi connectivity index (χ2n) is 6.86. The summed E-state index contributed by atoms with van der Waals surface area (Å²) in [7, 11) is 0. The summed E-state index contributed by atoms with van der Waals surface area (Å²) in [5.74, 6) is -3.49. The van der Waals surface area contributed by atoms with E-state index in [4.69, 9.17) is 5.14 Å². The summed E-state index contributed by atoms with van der Waals surface area (Å²) in [5.41, 5.74) is 0.529. The highest BCUT2D eigenvalue weighted by atomic mass is 32.2. The first-order valence-electron chi connectivity index (χ1n) is 9.34. The van der Waals surface area contributed by atoms with E-state index >= 15 is 0 Å². The van der Waals surface area contributed by atoms with Crippen molar-refractivity contribution in [2.75, 3.05) is 11.9 Å². The number of carbonyl (C=O) groups excluding carboxylic acids is 1. The number of hydrogen-bond donors (Lipinski definition) is 2. The lowest BCUT2D eigenvalue weighted by molar-refractivity contribution is -0.153. The molecule has 1 fully saturated rings. The molecular formula is C20H22F5N3O2S. The molecule has 3 rings (SSSR count). The van der Waals surface area contributed by atoms with E-state index in [0.29, 0.717) is 23.6 Å². The zero-order valence-electron chi connectivity index (χ0n) is 16.4. The van der Waals surface area contributed by atoms with Gasteiger partial charge in [-0.15, -0.1) is 0 Å². The number of nitrogens with one attached hydrogen (secondary N) is 1. The van der Waals surface area contributed by atoms with Gasteiger partial charge in [0.05, 0.1) is 0 Å². The van der Waals surface area contributed by atoms with Gasteiger partial charge in [0.2, 0.25) is 11.8 Å². The lowest BCUT2D eigenvalue weighted by atomic mass is 9.86. The molecule has 0 bridgehead atoms. The minimum absolute atomic E-state index is 0.125. The molecule has 11 heteroatoms. The van der Waals surface area contributed by atoms with Crippen molar-refractivity contribution in [1.82, 2.24) is 4.98 Å². The fourth-order valence-corrected chi connectivity index (χ4v) is 3.19. The van der Waals surface area contributed by atoms with Crippen LogP contribution < -0.4 is 15.2 Å². The topological polar surface area (TPSA) is 77.2 Å². The number of benzene rings is 1. The lowest BCUT2D eigenvalue weighted by Crippen LogP contribution is -2.33. The van der Waals surface area contributed by atoms with Crippen LogP contribution in [0.5, 0.6) is 5.75 Å². The molecule has 2 aromatic rings. The number of nitrogens with two attached hydrogens (primary N) is 1. The summed E-state index contributed by atoms with van der Waals surface area (Å²) in [6.07, 6.45) is -2.37. The molecule has 31 heavy (non-hydrogen) atoms. The maximum atomic E-state index is 13.3. The Balaban J connectivity index is 0.000000245. The molecule has 1 aromatic carbocycles. The van der Waals surface area contributed by atoms with Crippen LogP contribution in [0.25, 0.3) is 0 Å². The van der Waals surface area contributed by atoms with Gasteiger partial charge in [0.15, 0.2) is 6.61 Å². The van der Waals surface area contributed by atoms with E-state index in [1.807, 2.05) is 0 Å². The van der Waals surface area contributed by atoms with Gasteiger partial charge in [-0.05, 0) is 49.1 Å². The molecule has 1 atom stereocenters. The third-order valence-electron chi connectivity index (χ3n) is 4.28. The summed E-state index contributed by atoms with van der Waals surface area (Å²) in [6, 6.07) is 11.1. The molecule has 1 aliphatic carbocycles. The van der Waals surface area contributed by atoms with Gasteiger partial charge < -0.3 is 10.1 Å². The molecular weight excluding hydrogens is 441 g/mol. The number of ether oxygens (including phenoxy) is 1. The molecule has 0 aliphatic heterocycles. The minimum Gasteiger partial charge on any atom is -0.484 e. The van der Waals surface area contributed by atoms with Gasteiger partial charge in [0.1, 0.15) is 10.8 Å². The predicted octanol–water partition coefficient (Wildman–Crippen LogP) is 5.44. The first-order valence-corrected chi connectivity index (χ1v) is 10.2. The molecule has 0 saturated heterocycles. The summed E-state index contributed by atoms with van der Waals surface area (Å²) in [4.78, 5) is 15.9. The van der Waals surface area contributed by atoms with E-state index in [9.17, 15) is 26.7 Å². The summed E-state index contributed by atoms with van der Waals surface area (Å²) in [5, 5.41) is 8.57. The number of hydrogen-bond acceptors (Lipinski definition) is 5. The molecule has 0 spiro atoms. The van der Waals surface area contributed by atoms with Crippen LogP contribution in [0.15, 0.2) is 53.7 Å². The first kappa shape index (κ1) is 24.9. The predicted molar refractivity (Wildman–Crippen MR) is 108 cm³/mol. The number of nitrogens with zero attached hydrogens (tertiary/aromatic N) is 1. The third kappa shape index (κ3) is 9.52. The molecule has 3 N–H and O–H groups in total. The summed E-state index contributed by atoms with van der Waals surface area (Å²) >= 11 is 0.963. The zero-order chi connectivity index (χ0) is 22.9. The number of aromatic nitrogens is 1. The molecule has 0 unspecified atom stereocenters. The molecule has 1 aromatic heterocycles. The highest BCUT2D eigenvalue weighted by Gasteiger charge is 2.39. The van der Waals surface area contributed by atoms with Crippen molar-refractivity contribution in [1.29, 1.82) is 0 Å². The monoisotopic (exact) mass is 463 g/mol. The van der Waals surface area contributed by atoms with Crippen LogP contribution in [-0.2, 0) is 4.79 Å². The molecule has 5 nitrogen and oxygen atoms in total. The van der Waals surface area contributed by atoms with Gasteiger partial charge in [-0.1, -0.05) is 18.2 Å². The minimum atomic E-state index is -4.27. The Kier molecular flexibility index (Phi) is 9.05. The molecule has 170 valence electrons. The number of alkyl halides is 5. The van der Waals surface area contributed by atoms with Crippen LogP contribution in [0.2, 0.25) is 0 Å². The molecule has 1 amide bonds. The van der Waals surface area contributed by atoms with E-state index in [2.05, 4.69) is 15.0 Å². The second-order valence-corrected chi connectivity index (χ2v) is 7.51. The molecule has 0 radical (unpaired) electrons.